The molecule has 4 aromatic rings. The zero-order chi connectivity index (χ0) is 20.4. The van der Waals surface area contributed by atoms with Gasteiger partial charge in [0.15, 0.2) is 0 Å². The number of H-pyrrole nitrogens is 1. The number of rotatable bonds is 3. The first-order valence-corrected chi connectivity index (χ1v) is 8.86. The van der Waals surface area contributed by atoms with Crippen LogP contribution in [0.4, 0.5) is 18.9 Å². The molecule has 4 rings (SSSR count). The van der Waals surface area contributed by atoms with Crippen LogP contribution in [0.3, 0.4) is 0 Å². The van der Waals surface area contributed by atoms with Crippen molar-refractivity contribution >= 4 is 22.3 Å². The van der Waals surface area contributed by atoms with Crippen molar-refractivity contribution in [3.63, 3.8) is 0 Å². The number of alkyl halides is 3. The van der Waals surface area contributed by atoms with Crippen molar-refractivity contribution in [2.45, 2.75) is 6.18 Å². The summed E-state index contributed by atoms with van der Waals surface area (Å²) in [4.78, 5) is 18.9. The molecule has 0 atom stereocenters. The lowest BCUT2D eigenvalue weighted by molar-refractivity contribution is -0.136. The van der Waals surface area contributed by atoms with Crippen LogP contribution in [-0.4, -0.2) is 10.7 Å². The first-order chi connectivity index (χ1) is 13.9. The van der Waals surface area contributed by atoms with Crippen LogP contribution in [0, 0.1) is 0 Å². The van der Waals surface area contributed by atoms with Crippen molar-refractivity contribution in [2.75, 3.05) is 0 Å². The molecule has 0 aliphatic carbocycles. The lowest BCUT2D eigenvalue weighted by atomic mass is 10.0. The maximum atomic E-state index is 13.3. The van der Waals surface area contributed by atoms with Crippen molar-refractivity contribution in [1.29, 1.82) is 0 Å². The topological polar surface area (TPSA) is 45.2 Å². The average molecular weight is 392 g/mol. The summed E-state index contributed by atoms with van der Waals surface area (Å²) in [5.41, 5.74) is 1.18. The third-order valence-corrected chi connectivity index (χ3v) is 4.47. The fourth-order valence-corrected chi connectivity index (χ4v) is 3.17. The fourth-order valence-electron chi connectivity index (χ4n) is 3.17. The maximum absolute atomic E-state index is 13.3. The first kappa shape index (κ1) is 18.7. The van der Waals surface area contributed by atoms with Crippen LogP contribution >= 0.6 is 0 Å². The molecule has 0 bridgehead atoms. The van der Waals surface area contributed by atoms with Gasteiger partial charge in [0.2, 0.25) is 5.56 Å². The second-order valence-corrected chi connectivity index (χ2v) is 6.47. The van der Waals surface area contributed by atoms with E-state index in [1.165, 1.54) is 18.2 Å². The van der Waals surface area contributed by atoms with E-state index in [0.29, 0.717) is 17.5 Å². The number of nitrogens with one attached hydrogen (secondary N) is 1. The van der Waals surface area contributed by atoms with Crippen LogP contribution in [-0.2, 0) is 6.18 Å². The molecular weight excluding hydrogens is 377 g/mol. The van der Waals surface area contributed by atoms with Gasteiger partial charge in [0.05, 0.1) is 22.5 Å². The van der Waals surface area contributed by atoms with Crippen LogP contribution < -0.4 is 5.56 Å². The van der Waals surface area contributed by atoms with Crippen LogP contribution in [0.5, 0.6) is 0 Å². The highest BCUT2D eigenvalue weighted by molar-refractivity contribution is 6.14. The van der Waals surface area contributed by atoms with Crippen LogP contribution in [0.1, 0.15) is 16.7 Å². The molecule has 1 N–H and O–H groups in total. The van der Waals surface area contributed by atoms with E-state index >= 15 is 0 Å². The molecule has 6 heteroatoms. The predicted octanol–water partition coefficient (Wildman–Crippen LogP) is 5.72. The van der Waals surface area contributed by atoms with Gasteiger partial charge in [-0.25, -0.2) is 4.99 Å². The second-order valence-electron chi connectivity index (χ2n) is 6.47. The van der Waals surface area contributed by atoms with E-state index in [1.54, 1.807) is 0 Å². The van der Waals surface area contributed by atoms with E-state index in [9.17, 15) is 18.0 Å². The van der Waals surface area contributed by atoms with Gasteiger partial charge >= 0.3 is 6.18 Å². The standard InChI is InChI=1S/C23H15F3N2O/c24-23(25,26)19-14-21(29)28-20-13-17(11-12-18(19)20)27-22(15-7-3-1-4-8-15)16-9-5-2-6-10-16/h1-14H,(H,28,29). The van der Waals surface area contributed by atoms with Crippen LogP contribution in [0.15, 0.2) is 94.7 Å². The quantitative estimate of drug-likeness (QED) is 0.446. The van der Waals surface area contributed by atoms with Gasteiger partial charge in [-0.1, -0.05) is 66.7 Å². The number of benzene rings is 3. The number of hydrogen-bond donors (Lipinski definition) is 1. The molecule has 0 saturated carbocycles. The summed E-state index contributed by atoms with van der Waals surface area (Å²) in [6.45, 7) is 0. The number of fused-ring (bicyclic) bond motifs is 1. The minimum Gasteiger partial charge on any atom is -0.322 e. The number of aromatic nitrogens is 1. The van der Waals surface area contributed by atoms with E-state index < -0.39 is 17.3 Å². The number of hydrogen-bond acceptors (Lipinski definition) is 2. The summed E-state index contributed by atoms with van der Waals surface area (Å²) in [5, 5.41) is -0.0722. The summed E-state index contributed by atoms with van der Waals surface area (Å²) in [6.07, 6.45) is -4.61. The highest BCUT2D eigenvalue weighted by atomic mass is 19.4. The zero-order valence-corrected chi connectivity index (χ0v) is 15.1. The molecule has 0 saturated heterocycles. The third-order valence-electron chi connectivity index (χ3n) is 4.47. The number of halogens is 3. The molecule has 0 spiro atoms. The Labute approximate surface area is 164 Å². The monoisotopic (exact) mass is 392 g/mol. The van der Waals surface area contributed by atoms with Gasteiger partial charge in [-0.15, -0.1) is 0 Å². The Kier molecular flexibility index (Phi) is 4.76. The van der Waals surface area contributed by atoms with Crippen LogP contribution in [0.25, 0.3) is 10.9 Å². The minimum absolute atomic E-state index is 0.0722. The normalized spacial score (nSPS) is 11.4. The average Bonchev–Trinajstić information content (AvgIpc) is 2.72. The Morgan fingerprint density at radius 1 is 0.793 bits per heavy atom. The summed E-state index contributed by atoms with van der Waals surface area (Å²) >= 11 is 0. The van der Waals surface area contributed by atoms with E-state index in [-0.39, 0.29) is 10.9 Å². The highest BCUT2D eigenvalue weighted by Crippen LogP contribution is 2.34. The molecule has 0 aliphatic heterocycles. The lowest BCUT2D eigenvalue weighted by Gasteiger charge is -2.11. The number of pyridine rings is 1. The lowest BCUT2D eigenvalue weighted by Crippen LogP contribution is -2.13. The molecule has 1 heterocycles. The molecule has 3 aromatic carbocycles. The molecular formula is C23H15F3N2O. The van der Waals surface area contributed by atoms with Gasteiger partial charge in [0.25, 0.3) is 0 Å². The van der Waals surface area contributed by atoms with E-state index in [4.69, 9.17) is 0 Å². The fraction of sp³-hybridized carbons (Fsp3) is 0.0435. The molecule has 29 heavy (non-hydrogen) atoms. The maximum Gasteiger partial charge on any atom is 0.417 e. The molecule has 0 unspecified atom stereocenters. The summed E-state index contributed by atoms with van der Waals surface area (Å²) in [5.74, 6) is 0. The second kappa shape index (κ2) is 7.39. The zero-order valence-electron chi connectivity index (χ0n) is 15.1. The Bertz CT molecular complexity index is 1200. The molecule has 3 nitrogen and oxygen atoms in total. The molecule has 0 aliphatic rings. The highest BCUT2D eigenvalue weighted by Gasteiger charge is 2.33. The van der Waals surface area contributed by atoms with Gasteiger partial charge in [-0.3, -0.25) is 4.79 Å². The SMILES string of the molecule is O=c1cc(C(F)(F)F)c2ccc(N=C(c3ccccc3)c3ccccc3)cc2[nH]1. The van der Waals surface area contributed by atoms with Crippen molar-refractivity contribution < 1.29 is 13.2 Å². The van der Waals surface area contributed by atoms with Crippen LogP contribution in [0.2, 0.25) is 0 Å². The van der Waals surface area contributed by atoms with Crippen molar-refractivity contribution in [1.82, 2.24) is 4.98 Å². The largest absolute Gasteiger partial charge is 0.417 e. The van der Waals surface area contributed by atoms with Gasteiger partial charge in [-0.2, -0.15) is 13.2 Å². The summed E-state index contributed by atoms with van der Waals surface area (Å²) < 4.78 is 39.8. The Morgan fingerprint density at radius 2 is 1.38 bits per heavy atom. The van der Waals surface area contributed by atoms with E-state index in [0.717, 1.165) is 11.1 Å². The molecule has 144 valence electrons. The van der Waals surface area contributed by atoms with Gasteiger partial charge in [0.1, 0.15) is 0 Å². The van der Waals surface area contributed by atoms with Gasteiger partial charge in [-0.05, 0) is 12.1 Å². The predicted molar refractivity (Wildman–Crippen MR) is 108 cm³/mol. The number of aromatic amines is 1. The Morgan fingerprint density at radius 3 is 1.93 bits per heavy atom. The summed E-state index contributed by atoms with van der Waals surface area (Å²) in [7, 11) is 0. The van der Waals surface area contributed by atoms with Gasteiger partial charge < -0.3 is 4.98 Å². The van der Waals surface area contributed by atoms with Crippen molar-refractivity contribution in [3.05, 3.63) is 112 Å². The Balaban J connectivity index is 1.90. The Hall–Kier alpha value is -3.67. The molecule has 0 fully saturated rings. The van der Waals surface area contributed by atoms with E-state index in [1.807, 2.05) is 60.7 Å². The smallest absolute Gasteiger partial charge is 0.322 e. The minimum atomic E-state index is -4.61. The van der Waals surface area contributed by atoms with E-state index in [2.05, 4.69) is 9.98 Å². The van der Waals surface area contributed by atoms with Crippen molar-refractivity contribution in [2.24, 2.45) is 4.99 Å². The number of aliphatic imine (C=N–C) groups is 1. The van der Waals surface area contributed by atoms with Crippen molar-refractivity contribution in [3.8, 4) is 0 Å². The summed E-state index contributed by atoms with van der Waals surface area (Å²) in [6, 6.07) is 23.9. The van der Waals surface area contributed by atoms with Gasteiger partial charge in [0, 0.05) is 22.6 Å². The molecule has 1 aromatic heterocycles. The first-order valence-electron chi connectivity index (χ1n) is 8.86. The molecule has 0 radical (unpaired) electrons. The molecule has 0 amide bonds. The number of nitrogens with zero attached hydrogens (tertiary/aromatic N) is 1. The third kappa shape index (κ3) is 3.96.